The summed E-state index contributed by atoms with van der Waals surface area (Å²) in [5.74, 6) is 4.52. The number of alkyl halides is 3. The van der Waals surface area contributed by atoms with Gasteiger partial charge < -0.3 is 11.6 Å². The van der Waals surface area contributed by atoms with E-state index in [2.05, 4.69) is 16.7 Å². The van der Waals surface area contributed by atoms with Crippen LogP contribution in [-0.2, 0) is 0 Å². The highest BCUT2D eigenvalue weighted by Crippen LogP contribution is 2.20. The van der Waals surface area contributed by atoms with Gasteiger partial charge in [0.2, 0.25) is 0 Å². The van der Waals surface area contributed by atoms with E-state index in [-0.39, 0.29) is 0 Å². The third kappa shape index (κ3) is 2.95. The normalized spacial score (nSPS) is 14.5. The lowest BCUT2D eigenvalue weighted by Crippen LogP contribution is -2.19. The van der Waals surface area contributed by atoms with Crippen molar-refractivity contribution in [3.63, 3.8) is 0 Å². The number of halogens is 3. The van der Waals surface area contributed by atoms with Crippen molar-refractivity contribution in [1.82, 2.24) is 0 Å². The van der Waals surface area contributed by atoms with Crippen LogP contribution in [0.5, 0.6) is 0 Å². The number of allylic oxidation sites excluding steroid dienone is 2. The molecule has 4 N–H and O–H groups in total. The molecule has 0 aromatic carbocycles. The van der Waals surface area contributed by atoms with Gasteiger partial charge in [-0.1, -0.05) is 0 Å². The van der Waals surface area contributed by atoms with Crippen molar-refractivity contribution in [2.45, 2.75) is 6.18 Å². The minimum atomic E-state index is -4.50. The maximum atomic E-state index is 11.5. The first-order valence-corrected chi connectivity index (χ1v) is 2.24. The van der Waals surface area contributed by atoms with Crippen LogP contribution < -0.4 is 11.6 Å². The van der Waals surface area contributed by atoms with Crippen molar-refractivity contribution < 1.29 is 13.2 Å². The topological polar surface area (TPSA) is 64.4 Å². The van der Waals surface area contributed by atoms with E-state index < -0.39 is 11.9 Å². The van der Waals surface area contributed by atoms with Crippen LogP contribution in [0.25, 0.3) is 0 Å². The van der Waals surface area contributed by atoms with Crippen LogP contribution in [0.1, 0.15) is 0 Å². The highest BCUT2D eigenvalue weighted by Gasteiger charge is 2.30. The van der Waals surface area contributed by atoms with Crippen molar-refractivity contribution in [3.05, 3.63) is 11.8 Å². The monoisotopic (exact) mass is 153 g/mol. The molecule has 0 bridgehead atoms. The van der Waals surface area contributed by atoms with Crippen LogP contribution in [0.15, 0.2) is 16.9 Å². The molecular formula is C4H6F3N3. The first-order chi connectivity index (χ1) is 4.48. The average Bonchev–Trinajstić information content (AvgIpc) is 1.80. The highest BCUT2D eigenvalue weighted by molar-refractivity contribution is 5.71. The second kappa shape index (κ2) is 3.09. The van der Waals surface area contributed by atoms with Crippen LogP contribution in [-0.4, -0.2) is 12.4 Å². The summed E-state index contributed by atoms with van der Waals surface area (Å²) < 4.78 is 34.4. The van der Waals surface area contributed by atoms with E-state index in [1.54, 1.807) is 0 Å². The molecule has 0 unspecified atom stereocenters. The molecule has 0 amide bonds. The molecule has 6 heteroatoms. The van der Waals surface area contributed by atoms with Crippen LogP contribution in [0.4, 0.5) is 13.2 Å². The van der Waals surface area contributed by atoms with Crippen LogP contribution in [0, 0.1) is 0 Å². The van der Waals surface area contributed by atoms with Crippen LogP contribution >= 0.6 is 0 Å². The Kier molecular flexibility index (Phi) is 2.72. The molecule has 0 aliphatic heterocycles. The van der Waals surface area contributed by atoms with Gasteiger partial charge in [0.25, 0.3) is 0 Å². The van der Waals surface area contributed by atoms with Gasteiger partial charge in [-0.2, -0.15) is 18.3 Å². The maximum absolute atomic E-state index is 11.5. The Morgan fingerprint density at radius 2 is 1.90 bits per heavy atom. The molecule has 0 saturated carbocycles. The number of nitrogens with two attached hydrogens (primary N) is 2. The second-order valence-electron chi connectivity index (χ2n) is 1.42. The molecule has 0 aliphatic carbocycles. The lowest BCUT2D eigenvalue weighted by Gasteiger charge is -2.03. The Labute approximate surface area is 55.2 Å². The standard InChI is InChI=1S/C4H6F3N3/c5-4(6,7)3(8)1-2-10-9/h1-2H,8-9H2. The lowest BCUT2D eigenvalue weighted by molar-refractivity contribution is -0.0925. The molecule has 0 radical (unpaired) electrons. The van der Waals surface area contributed by atoms with Crippen molar-refractivity contribution in [2.24, 2.45) is 16.7 Å². The second-order valence-corrected chi connectivity index (χ2v) is 1.42. The van der Waals surface area contributed by atoms with E-state index in [4.69, 9.17) is 0 Å². The third-order valence-electron chi connectivity index (χ3n) is 0.667. The fourth-order valence-corrected chi connectivity index (χ4v) is 0.218. The number of hydrogen-bond donors (Lipinski definition) is 2. The third-order valence-corrected chi connectivity index (χ3v) is 0.667. The van der Waals surface area contributed by atoms with Crippen molar-refractivity contribution in [1.29, 1.82) is 0 Å². The Bertz CT molecular complexity index is 158. The number of hydrogen-bond acceptors (Lipinski definition) is 3. The van der Waals surface area contributed by atoms with Crippen molar-refractivity contribution in [2.75, 3.05) is 0 Å². The Morgan fingerprint density at radius 3 is 2.20 bits per heavy atom. The van der Waals surface area contributed by atoms with Gasteiger partial charge >= 0.3 is 6.18 Å². The van der Waals surface area contributed by atoms with Crippen molar-refractivity contribution >= 4 is 6.21 Å². The molecule has 0 aliphatic rings. The van der Waals surface area contributed by atoms with Gasteiger partial charge in [-0.25, -0.2) is 0 Å². The number of nitrogens with zero attached hydrogens (tertiary/aromatic N) is 1. The average molecular weight is 153 g/mol. The molecule has 0 aromatic rings. The zero-order chi connectivity index (χ0) is 8.20. The largest absolute Gasteiger partial charge is 0.430 e. The zero-order valence-corrected chi connectivity index (χ0v) is 4.89. The molecule has 10 heavy (non-hydrogen) atoms. The van der Waals surface area contributed by atoms with E-state index in [0.29, 0.717) is 6.08 Å². The quantitative estimate of drug-likeness (QED) is 0.324. The molecule has 0 saturated heterocycles. The summed E-state index contributed by atoms with van der Waals surface area (Å²) >= 11 is 0. The molecule has 58 valence electrons. The van der Waals surface area contributed by atoms with Gasteiger partial charge in [0, 0.05) is 6.21 Å². The van der Waals surface area contributed by atoms with Crippen molar-refractivity contribution in [3.8, 4) is 0 Å². The van der Waals surface area contributed by atoms with Gasteiger partial charge in [-0.05, 0) is 6.08 Å². The summed E-state index contributed by atoms with van der Waals surface area (Å²) in [6, 6.07) is 0. The lowest BCUT2D eigenvalue weighted by atomic mass is 10.4. The molecule has 0 atom stereocenters. The highest BCUT2D eigenvalue weighted by atomic mass is 19.4. The summed E-state index contributed by atoms with van der Waals surface area (Å²) in [6.45, 7) is 0. The van der Waals surface area contributed by atoms with Gasteiger partial charge in [0.05, 0.1) is 0 Å². The fourth-order valence-electron chi connectivity index (χ4n) is 0.218. The van der Waals surface area contributed by atoms with Crippen LogP contribution in [0.2, 0.25) is 0 Å². The molecule has 0 heterocycles. The molecule has 0 spiro atoms. The minimum absolute atomic E-state index is 0.583. The molecule has 0 rings (SSSR count). The van der Waals surface area contributed by atoms with E-state index >= 15 is 0 Å². The molecule has 0 fully saturated rings. The fraction of sp³-hybridized carbons (Fsp3) is 0.250. The molecule has 3 nitrogen and oxygen atoms in total. The number of rotatable bonds is 1. The smallest absolute Gasteiger partial charge is 0.395 e. The van der Waals surface area contributed by atoms with Gasteiger partial charge in [-0.3, -0.25) is 0 Å². The first-order valence-electron chi connectivity index (χ1n) is 2.24. The van der Waals surface area contributed by atoms with Gasteiger partial charge in [-0.15, -0.1) is 0 Å². The predicted molar refractivity (Wildman–Crippen MR) is 31.0 cm³/mol. The maximum Gasteiger partial charge on any atom is 0.430 e. The van der Waals surface area contributed by atoms with Gasteiger partial charge in [0.1, 0.15) is 5.70 Å². The van der Waals surface area contributed by atoms with Crippen LogP contribution in [0.3, 0.4) is 0 Å². The summed E-state index contributed by atoms with van der Waals surface area (Å²) in [5.41, 5.74) is 3.31. The number of hydrazone groups is 1. The van der Waals surface area contributed by atoms with E-state index in [1.807, 2.05) is 0 Å². The van der Waals surface area contributed by atoms with E-state index in [0.717, 1.165) is 6.21 Å². The Balaban J connectivity index is 4.20. The van der Waals surface area contributed by atoms with E-state index in [1.165, 1.54) is 0 Å². The predicted octanol–water partition coefficient (Wildman–Crippen LogP) is 0.336. The Hall–Kier alpha value is -1.20. The summed E-state index contributed by atoms with van der Waals surface area (Å²) in [5, 5.41) is 2.81. The summed E-state index contributed by atoms with van der Waals surface area (Å²) in [7, 11) is 0. The minimum Gasteiger partial charge on any atom is -0.395 e. The summed E-state index contributed by atoms with van der Waals surface area (Å²) in [6.07, 6.45) is -3.15. The van der Waals surface area contributed by atoms with Gasteiger partial charge in [0.15, 0.2) is 0 Å². The zero-order valence-electron chi connectivity index (χ0n) is 4.89. The summed E-state index contributed by atoms with van der Waals surface area (Å²) in [4.78, 5) is 0. The van der Waals surface area contributed by atoms with E-state index in [9.17, 15) is 13.2 Å². The Morgan fingerprint density at radius 1 is 1.40 bits per heavy atom. The molecule has 0 aromatic heterocycles. The molecular weight excluding hydrogens is 147 g/mol. The SMILES string of the molecule is NN=CC=C(N)C(F)(F)F. The first kappa shape index (κ1) is 8.80.